The van der Waals surface area contributed by atoms with Gasteiger partial charge in [-0.05, 0) is 44.2 Å². The van der Waals surface area contributed by atoms with Crippen LogP contribution in [0.2, 0.25) is 0 Å². The Morgan fingerprint density at radius 2 is 2.00 bits per heavy atom. The highest BCUT2D eigenvalue weighted by atomic mass is 16.5. The van der Waals surface area contributed by atoms with Gasteiger partial charge in [-0.2, -0.15) is 0 Å². The highest BCUT2D eigenvalue weighted by Crippen LogP contribution is 2.27. The second-order valence-electron chi connectivity index (χ2n) is 6.38. The number of benzene rings is 1. The quantitative estimate of drug-likeness (QED) is 0.784. The molecule has 0 aromatic heterocycles. The lowest BCUT2D eigenvalue weighted by molar-refractivity contribution is 0.0373. The summed E-state index contributed by atoms with van der Waals surface area (Å²) in [6.45, 7) is 4.83. The predicted octanol–water partition coefficient (Wildman–Crippen LogP) is 3.07. The van der Waals surface area contributed by atoms with Crippen LogP contribution in [0.3, 0.4) is 0 Å². The molecule has 0 heterocycles. The van der Waals surface area contributed by atoms with E-state index in [-0.39, 0.29) is 6.10 Å². The van der Waals surface area contributed by atoms with Crippen molar-refractivity contribution < 1.29 is 9.84 Å². The molecule has 0 aliphatic heterocycles. The topological polar surface area (TPSA) is 32.7 Å². The van der Waals surface area contributed by atoms with Gasteiger partial charge in [0.1, 0.15) is 0 Å². The van der Waals surface area contributed by atoms with E-state index in [1.54, 1.807) is 0 Å². The van der Waals surface area contributed by atoms with Gasteiger partial charge in [-0.1, -0.05) is 37.3 Å². The molecule has 2 rings (SSSR count). The molecule has 0 amide bonds. The van der Waals surface area contributed by atoms with Gasteiger partial charge in [0, 0.05) is 19.2 Å². The van der Waals surface area contributed by atoms with Crippen molar-refractivity contribution in [3.63, 3.8) is 0 Å². The van der Waals surface area contributed by atoms with Crippen molar-refractivity contribution in [2.24, 2.45) is 5.92 Å². The van der Waals surface area contributed by atoms with Gasteiger partial charge in [0.15, 0.2) is 0 Å². The van der Waals surface area contributed by atoms with Gasteiger partial charge in [0.25, 0.3) is 0 Å². The SMILES string of the molecule is CC1CCC(O)CC1N(C)CCCOCc1ccccc1. The Morgan fingerprint density at radius 1 is 1.24 bits per heavy atom. The molecule has 0 spiro atoms. The predicted molar refractivity (Wildman–Crippen MR) is 86.2 cm³/mol. The average molecular weight is 291 g/mol. The maximum absolute atomic E-state index is 9.83. The van der Waals surface area contributed by atoms with Gasteiger partial charge in [0.2, 0.25) is 0 Å². The Bertz CT molecular complexity index is 395. The maximum atomic E-state index is 9.83. The molecular formula is C18H29NO2. The summed E-state index contributed by atoms with van der Waals surface area (Å²) in [6, 6.07) is 10.8. The fraction of sp³-hybridized carbons (Fsp3) is 0.667. The fourth-order valence-corrected chi connectivity index (χ4v) is 3.24. The molecule has 3 unspecified atom stereocenters. The van der Waals surface area contributed by atoms with Crippen LogP contribution < -0.4 is 0 Å². The molecule has 0 radical (unpaired) electrons. The summed E-state index contributed by atoms with van der Waals surface area (Å²) >= 11 is 0. The van der Waals surface area contributed by atoms with Gasteiger partial charge < -0.3 is 14.7 Å². The molecule has 0 bridgehead atoms. The van der Waals surface area contributed by atoms with Gasteiger partial charge >= 0.3 is 0 Å². The van der Waals surface area contributed by atoms with Crippen LogP contribution in [0.4, 0.5) is 0 Å². The van der Waals surface area contributed by atoms with E-state index >= 15 is 0 Å². The average Bonchev–Trinajstić information content (AvgIpc) is 2.50. The summed E-state index contributed by atoms with van der Waals surface area (Å²) in [5.74, 6) is 0.684. The van der Waals surface area contributed by atoms with Crippen molar-refractivity contribution in [3.05, 3.63) is 35.9 Å². The van der Waals surface area contributed by atoms with E-state index in [0.717, 1.165) is 38.8 Å². The molecule has 1 aromatic rings. The molecule has 3 nitrogen and oxygen atoms in total. The number of ether oxygens (including phenoxy) is 1. The first-order valence-corrected chi connectivity index (χ1v) is 8.17. The van der Waals surface area contributed by atoms with Crippen molar-refractivity contribution in [2.75, 3.05) is 20.2 Å². The van der Waals surface area contributed by atoms with Gasteiger partial charge in [-0.15, -0.1) is 0 Å². The molecular weight excluding hydrogens is 262 g/mol. The lowest BCUT2D eigenvalue weighted by Gasteiger charge is -2.38. The fourth-order valence-electron chi connectivity index (χ4n) is 3.24. The van der Waals surface area contributed by atoms with Crippen LogP contribution >= 0.6 is 0 Å². The summed E-state index contributed by atoms with van der Waals surface area (Å²) in [5.41, 5.74) is 1.23. The first-order chi connectivity index (χ1) is 10.2. The second kappa shape index (κ2) is 8.52. The molecule has 118 valence electrons. The van der Waals surface area contributed by atoms with Gasteiger partial charge in [-0.25, -0.2) is 0 Å². The van der Waals surface area contributed by atoms with E-state index in [2.05, 4.69) is 31.0 Å². The van der Waals surface area contributed by atoms with Crippen LogP contribution in [0.1, 0.15) is 38.2 Å². The van der Waals surface area contributed by atoms with Crippen molar-refractivity contribution in [3.8, 4) is 0 Å². The highest BCUT2D eigenvalue weighted by Gasteiger charge is 2.28. The van der Waals surface area contributed by atoms with E-state index in [4.69, 9.17) is 4.74 Å². The molecule has 21 heavy (non-hydrogen) atoms. The van der Waals surface area contributed by atoms with Crippen LogP contribution in [0.5, 0.6) is 0 Å². The number of hydrogen-bond acceptors (Lipinski definition) is 3. The molecule has 1 N–H and O–H groups in total. The Kier molecular flexibility index (Phi) is 6.68. The van der Waals surface area contributed by atoms with E-state index in [0.29, 0.717) is 18.6 Å². The third-order valence-electron chi connectivity index (χ3n) is 4.60. The lowest BCUT2D eigenvalue weighted by atomic mass is 9.83. The smallest absolute Gasteiger partial charge is 0.0716 e. The van der Waals surface area contributed by atoms with Gasteiger partial charge in [0.05, 0.1) is 12.7 Å². The summed E-state index contributed by atoms with van der Waals surface area (Å²) in [7, 11) is 2.18. The van der Waals surface area contributed by atoms with E-state index in [1.807, 2.05) is 18.2 Å². The Labute approximate surface area is 128 Å². The van der Waals surface area contributed by atoms with Gasteiger partial charge in [-0.3, -0.25) is 0 Å². The highest BCUT2D eigenvalue weighted by molar-refractivity contribution is 5.13. The van der Waals surface area contributed by atoms with Crippen LogP contribution in [0.25, 0.3) is 0 Å². The third kappa shape index (κ3) is 5.42. The number of nitrogens with zero attached hydrogens (tertiary/aromatic N) is 1. The van der Waals surface area contributed by atoms with Crippen molar-refractivity contribution in [2.45, 2.75) is 51.4 Å². The number of hydrogen-bond donors (Lipinski definition) is 1. The zero-order valence-corrected chi connectivity index (χ0v) is 13.4. The zero-order valence-electron chi connectivity index (χ0n) is 13.4. The summed E-state index contributed by atoms with van der Waals surface area (Å²) in [6.07, 6.45) is 3.96. The van der Waals surface area contributed by atoms with E-state index in [1.165, 1.54) is 5.56 Å². The minimum absolute atomic E-state index is 0.108. The summed E-state index contributed by atoms with van der Waals surface area (Å²) < 4.78 is 5.73. The van der Waals surface area contributed by atoms with Crippen molar-refractivity contribution >= 4 is 0 Å². The van der Waals surface area contributed by atoms with E-state index < -0.39 is 0 Å². The molecule has 1 aromatic carbocycles. The van der Waals surface area contributed by atoms with Crippen molar-refractivity contribution in [1.29, 1.82) is 0 Å². The number of aliphatic hydroxyl groups is 1. The first kappa shape index (κ1) is 16.5. The molecule has 1 aliphatic carbocycles. The molecule has 3 atom stereocenters. The Morgan fingerprint density at radius 3 is 2.76 bits per heavy atom. The van der Waals surface area contributed by atoms with E-state index in [9.17, 15) is 5.11 Å². The zero-order chi connectivity index (χ0) is 15.1. The van der Waals surface area contributed by atoms with Crippen LogP contribution in [-0.2, 0) is 11.3 Å². The first-order valence-electron chi connectivity index (χ1n) is 8.17. The molecule has 3 heteroatoms. The molecule has 1 fully saturated rings. The van der Waals surface area contributed by atoms with Crippen molar-refractivity contribution in [1.82, 2.24) is 4.90 Å². The molecule has 1 saturated carbocycles. The molecule has 1 aliphatic rings. The molecule has 0 saturated heterocycles. The number of rotatable bonds is 7. The third-order valence-corrected chi connectivity index (χ3v) is 4.60. The minimum atomic E-state index is -0.108. The second-order valence-corrected chi connectivity index (χ2v) is 6.38. The Balaban J connectivity index is 1.61. The lowest BCUT2D eigenvalue weighted by Crippen LogP contribution is -2.43. The standard InChI is InChI=1S/C18H29NO2/c1-15-9-10-17(20)13-18(15)19(2)11-6-12-21-14-16-7-4-3-5-8-16/h3-5,7-8,15,17-18,20H,6,9-14H2,1-2H3. The summed E-state index contributed by atoms with van der Waals surface area (Å²) in [4.78, 5) is 2.40. The largest absolute Gasteiger partial charge is 0.393 e. The van der Waals surface area contributed by atoms with Crippen LogP contribution in [-0.4, -0.2) is 42.4 Å². The Hall–Kier alpha value is -0.900. The van der Waals surface area contributed by atoms with Crippen LogP contribution in [0.15, 0.2) is 30.3 Å². The normalized spacial score (nSPS) is 26.2. The maximum Gasteiger partial charge on any atom is 0.0716 e. The summed E-state index contributed by atoms with van der Waals surface area (Å²) in [5, 5.41) is 9.83. The van der Waals surface area contributed by atoms with Crippen LogP contribution in [0, 0.1) is 5.92 Å². The number of aliphatic hydroxyl groups excluding tert-OH is 1. The minimum Gasteiger partial charge on any atom is -0.393 e. The monoisotopic (exact) mass is 291 g/mol.